The lowest BCUT2D eigenvalue weighted by Crippen LogP contribution is -2.20. The number of carboxylic acid groups (broad SMARTS) is 1. The van der Waals surface area contributed by atoms with Crippen molar-refractivity contribution in [3.05, 3.63) is 23.3 Å². The third kappa shape index (κ3) is 4.96. The van der Waals surface area contributed by atoms with Crippen LogP contribution >= 0.6 is 0 Å². The van der Waals surface area contributed by atoms with Crippen LogP contribution in [0.1, 0.15) is 15.9 Å². The summed E-state index contributed by atoms with van der Waals surface area (Å²) in [5, 5.41) is 11.7. The summed E-state index contributed by atoms with van der Waals surface area (Å²) in [4.78, 5) is 11.0. The van der Waals surface area contributed by atoms with Gasteiger partial charge in [-0.3, -0.25) is 0 Å². The number of nitrogens with two attached hydrogens (primary N) is 1. The third-order valence-corrected chi connectivity index (χ3v) is 2.46. The summed E-state index contributed by atoms with van der Waals surface area (Å²) in [5.74, 6) is -1.16. The lowest BCUT2D eigenvalue weighted by atomic mass is 10.1. The van der Waals surface area contributed by atoms with Crippen molar-refractivity contribution in [2.45, 2.75) is 13.1 Å². The summed E-state index contributed by atoms with van der Waals surface area (Å²) in [5.41, 5.74) is 6.77. The molecule has 20 heavy (non-hydrogen) atoms. The van der Waals surface area contributed by atoms with E-state index in [0.717, 1.165) is 0 Å². The molecule has 0 saturated carbocycles. The molecule has 5 nitrogen and oxygen atoms in total. The predicted molar refractivity (Wildman–Crippen MR) is 67.9 cm³/mol. The van der Waals surface area contributed by atoms with E-state index in [0.29, 0.717) is 11.3 Å². The van der Waals surface area contributed by atoms with Crippen LogP contribution in [-0.4, -0.2) is 37.0 Å². The Labute approximate surface area is 113 Å². The van der Waals surface area contributed by atoms with Gasteiger partial charge in [0.15, 0.2) is 0 Å². The number of rotatable bonds is 6. The second-order valence-electron chi connectivity index (χ2n) is 4.15. The molecular weight excluding hydrogens is 277 g/mol. The predicted octanol–water partition coefficient (Wildman–Crippen LogP) is 2.27. The first-order chi connectivity index (χ1) is 9.20. The van der Waals surface area contributed by atoms with E-state index in [4.69, 9.17) is 10.8 Å². The van der Waals surface area contributed by atoms with Crippen molar-refractivity contribution < 1.29 is 27.8 Å². The zero-order chi connectivity index (χ0) is 15.3. The zero-order valence-electron chi connectivity index (χ0n) is 10.8. The van der Waals surface area contributed by atoms with Crippen molar-refractivity contribution in [2.75, 3.05) is 30.8 Å². The van der Waals surface area contributed by atoms with Gasteiger partial charge in [-0.05, 0) is 24.6 Å². The average molecular weight is 292 g/mol. The van der Waals surface area contributed by atoms with E-state index in [9.17, 15) is 18.0 Å². The summed E-state index contributed by atoms with van der Waals surface area (Å²) < 4.78 is 39.9. The molecule has 0 amide bonds. The number of benzene rings is 1. The molecule has 0 spiro atoms. The molecule has 0 bridgehead atoms. The molecule has 0 saturated heterocycles. The summed E-state index contributed by atoms with van der Waals surface area (Å²) in [6.45, 7) is 0.312. The molecule has 112 valence electrons. The van der Waals surface area contributed by atoms with Crippen molar-refractivity contribution in [1.29, 1.82) is 0 Å². The molecule has 1 aromatic rings. The highest BCUT2D eigenvalue weighted by molar-refractivity contribution is 5.95. The molecule has 0 aromatic heterocycles. The second kappa shape index (κ2) is 6.47. The van der Waals surface area contributed by atoms with Crippen LogP contribution in [0.4, 0.5) is 24.5 Å². The van der Waals surface area contributed by atoms with Gasteiger partial charge < -0.3 is 20.9 Å². The minimum atomic E-state index is -4.35. The van der Waals surface area contributed by atoms with Crippen LogP contribution in [0, 0.1) is 6.92 Å². The fourth-order valence-corrected chi connectivity index (χ4v) is 1.53. The fraction of sp³-hybridized carbons (Fsp3) is 0.417. The van der Waals surface area contributed by atoms with Gasteiger partial charge in [-0.1, -0.05) is 0 Å². The van der Waals surface area contributed by atoms with Crippen LogP contribution in [0.3, 0.4) is 0 Å². The maximum absolute atomic E-state index is 11.8. The number of aromatic carboxylic acids is 1. The number of carboxylic acids is 1. The monoisotopic (exact) mass is 292 g/mol. The van der Waals surface area contributed by atoms with Gasteiger partial charge in [0.25, 0.3) is 0 Å². The average Bonchev–Trinajstić information content (AvgIpc) is 2.31. The van der Waals surface area contributed by atoms with E-state index in [2.05, 4.69) is 10.1 Å². The molecule has 4 N–H and O–H groups in total. The highest BCUT2D eigenvalue weighted by Crippen LogP contribution is 2.22. The molecule has 0 unspecified atom stereocenters. The minimum absolute atomic E-state index is 0.0521. The first kappa shape index (κ1) is 16.1. The number of ether oxygens (including phenoxy) is 1. The zero-order valence-corrected chi connectivity index (χ0v) is 10.8. The number of nitrogen functional groups attached to an aromatic ring is 1. The maximum Gasteiger partial charge on any atom is 0.411 e. The van der Waals surface area contributed by atoms with Gasteiger partial charge >= 0.3 is 12.1 Å². The third-order valence-electron chi connectivity index (χ3n) is 2.46. The van der Waals surface area contributed by atoms with E-state index in [1.807, 2.05) is 0 Å². The summed E-state index contributed by atoms with van der Waals surface area (Å²) in [7, 11) is 0. The number of alkyl halides is 3. The van der Waals surface area contributed by atoms with Gasteiger partial charge in [-0.25, -0.2) is 4.79 Å². The van der Waals surface area contributed by atoms with Gasteiger partial charge in [-0.15, -0.1) is 0 Å². The van der Waals surface area contributed by atoms with Gasteiger partial charge in [0.2, 0.25) is 0 Å². The van der Waals surface area contributed by atoms with Crippen LogP contribution < -0.4 is 11.1 Å². The van der Waals surface area contributed by atoms with E-state index in [1.165, 1.54) is 6.07 Å². The maximum atomic E-state index is 11.8. The summed E-state index contributed by atoms with van der Waals surface area (Å²) in [6.07, 6.45) is -4.35. The van der Waals surface area contributed by atoms with Crippen LogP contribution in [0.15, 0.2) is 12.1 Å². The second-order valence-corrected chi connectivity index (χ2v) is 4.15. The van der Waals surface area contributed by atoms with Crippen LogP contribution in [-0.2, 0) is 4.74 Å². The van der Waals surface area contributed by atoms with Gasteiger partial charge in [0.1, 0.15) is 6.61 Å². The van der Waals surface area contributed by atoms with E-state index in [1.54, 1.807) is 13.0 Å². The largest absolute Gasteiger partial charge is 0.478 e. The van der Waals surface area contributed by atoms with Crippen LogP contribution in [0.2, 0.25) is 0 Å². The Kier molecular flexibility index (Phi) is 5.20. The van der Waals surface area contributed by atoms with E-state index < -0.39 is 18.8 Å². The number of aryl methyl sites for hydroxylation is 1. The number of nitrogens with one attached hydrogen (secondary N) is 1. The van der Waals surface area contributed by atoms with Crippen molar-refractivity contribution in [1.82, 2.24) is 0 Å². The Balaban J connectivity index is 2.55. The number of hydrogen-bond acceptors (Lipinski definition) is 4. The molecule has 1 aromatic carbocycles. The Bertz CT molecular complexity index is 490. The van der Waals surface area contributed by atoms with Crippen molar-refractivity contribution >= 4 is 17.3 Å². The van der Waals surface area contributed by atoms with Gasteiger partial charge in [-0.2, -0.15) is 13.2 Å². The lowest BCUT2D eigenvalue weighted by molar-refractivity contribution is -0.172. The number of hydrogen-bond donors (Lipinski definition) is 3. The standard InChI is InChI=1S/C12H15F3N2O3/c1-7-4-8(5-9(10(7)16)11(18)19)17-2-3-20-6-12(13,14)15/h4-5,17H,2-3,6,16H2,1H3,(H,18,19). The first-order valence-corrected chi connectivity index (χ1v) is 5.72. The molecule has 0 aliphatic carbocycles. The Morgan fingerprint density at radius 3 is 2.65 bits per heavy atom. The van der Waals surface area contributed by atoms with Crippen molar-refractivity contribution in [2.24, 2.45) is 0 Å². The quantitative estimate of drug-likeness (QED) is 0.553. The molecule has 0 aliphatic rings. The van der Waals surface area contributed by atoms with Crippen molar-refractivity contribution in [3.8, 4) is 0 Å². The van der Waals surface area contributed by atoms with Crippen molar-refractivity contribution in [3.63, 3.8) is 0 Å². The Morgan fingerprint density at radius 2 is 2.10 bits per heavy atom. The first-order valence-electron chi connectivity index (χ1n) is 5.72. The topological polar surface area (TPSA) is 84.6 Å². The molecule has 0 heterocycles. The van der Waals surface area contributed by atoms with E-state index >= 15 is 0 Å². The Morgan fingerprint density at radius 1 is 1.45 bits per heavy atom. The highest BCUT2D eigenvalue weighted by Gasteiger charge is 2.27. The summed E-state index contributed by atoms with van der Waals surface area (Å²) >= 11 is 0. The molecule has 1 rings (SSSR count). The minimum Gasteiger partial charge on any atom is -0.478 e. The van der Waals surface area contributed by atoms with Crippen LogP contribution in [0.5, 0.6) is 0 Å². The molecule has 0 radical (unpaired) electrons. The summed E-state index contributed by atoms with van der Waals surface area (Å²) in [6, 6.07) is 2.94. The molecule has 8 heteroatoms. The number of anilines is 2. The fourth-order valence-electron chi connectivity index (χ4n) is 1.53. The normalized spacial score (nSPS) is 11.4. The smallest absolute Gasteiger partial charge is 0.411 e. The van der Waals surface area contributed by atoms with Gasteiger partial charge in [0, 0.05) is 17.9 Å². The van der Waals surface area contributed by atoms with E-state index in [-0.39, 0.29) is 24.4 Å². The SMILES string of the molecule is Cc1cc(NCCOCC(F)(F)F)cc(C(=O)O)c1N. The highest BCUT2D eigenvalue weighted by atomic mass is 19.4. The van der Waals surface area contributed by atoms with Crippen LogP contribution in [0.25, 0.3) is 0 Å². The Hall–Kier alpha value is -1.96. The van der Waals surface area contributed by atoms with Gasteiger partial charge in [0.05, 0.1) is 12.2 Å². The number of halogens is 3. The molecule has 0 atom stereocenters. The molecule has 0 fully saturated rings. The number of carbonyl (C=O) groups is 1. The molecular formula is C12H15F3N2O3. The molecule has 0 aliphatic heterocycles. The lowest BCUT2D eigenvalue weighted by Gasteiger charge is -2.12.